The van der Waals surface area contributed by atoms with Crippen LogP contribution >= 0.6 is 0 Å². The number of aromatic nitrogens is 3. The fourth-order valence-electron chi connectivity index (χ4n) is 9.69. The summed E-state index contributed by atoms with van der Waals surface area (Å²) in [5.74, 6) is -0.403. The normalized spacial score (nSPS) is 13.4. The van der Waals surface area contributed by atoms with Crippen LogP contribution in [0.15, 0.2) is 198 Å². The molecule has 0 aliphatic carbocycles. The zero-order chi connectivity index (χ0) is 65.9. The van der Waals surface area contributed by atoms with E-state index in [2.05, 4.69) is 40.9 Å². The van der Waals surface area contributed by atoms with Gasteiger partial charge in [0.2, 0.25) is 0 Å². The third-order valence-corrected chi connectivity index (χ3v) is 19.8. The number of hydrogen-bond acceptors (Lipinski definition) is 24. The van der Waals surface area contributed by atoms with Crippen LogP contribution in [-0.4, -0.2) is 120 Å². The molecular weight excluding hydrogens is 1340 g/mol. The molecule has 0 aliphatic heterocycles. The van der Waals surface area contributed by atoms with Crippen molar-refractivity contribution >= 4 is 170 Å². The van der Waals surface area contributed by atoms with E-state index in [1.165, 1.54) is 79.9 Å². The van der Waals surface area contributed by atoms with Crippen LogP contribution in [0.4, 0.5) is 34.1 Å². The van der Waals surface area contributed by atoms with Gasteiger partial charge >= 0.3 is 0 Å². The SMILES string of the molecule is COc1cc(N=Nc2ccc3cc(S(=O)(=O)O)cc(S(=O)(=O)O)c3c2)c2cc(S(=O)(=O)O)ccc2c1N=Nc1ccc(N=Nc2c(S(=O)(=O)O)cc3cc(-n4nc5ccc6c(S(=O)(=O)O)cc(S(=O)(=O)O)cc6c5n4)ccc3c2OC)c2cc(S(=O)(=O)O)ccc12. The van der Waals surface area contributed by atoms with E-state index in [0.717, 1.165) is 60.4 Å². The lowest BCUT2D eigenvalue weighted by Crippen LogP contribution is -2.04. The van der Waals surface area contributed by atoms with Gasteiger partial charge in [0, 0.05) is 49.2 Å². The molecule has 91 heavy (non-hydrogen) atoms. The smallest absolute Gasteiger partial charge is 0.296 e. The molecule has 0 fully saturated rings. The molecule has 11 aromatic rings. The van der Waals surface area contributed by atoms with Crippen LogP contribution in [-0.2, 0) is 70.8 Å². The van der Waals surface area contributed by atoms with E-state index in [-0.39, 0.29) is 111 Å². The highest BCUT2D eigenvalue weighted by atomic mass is 32.2. The van der Waals surface area contributed by atoms with Crippen LogP contribution in [0.1, 0.15) is 0 Å². The van der Waals surface area contributed by atoms with Crippen LogP contribution in [0.25, 0.3) is 70.6 Å². The molecule has 7 N–H and O–H groups in total. The molecule has 468 valence electrons. The fraction of sp³-hybridized carbons (Fsp3) is 0.0385. The summed E-state index contributed by atoms with van der Waals surface area (Å²) in [6, 6.07) is 24.3. The van der Waals surface area contributed by atoms with Gasteiger partial charge in [-0.25, -0.2) is 0 Å². The lowest BCUT2D eigenvalue weighted by Gasteiger charge is -2.13. The van der Waals surface area contributed by atoms with Crippen molar-refractivity contribution in [2.24, 2.45) is 30.7 Å². The van der Waals surface area contributed by atoms with Gasteiger partial charge in [0.1, 0.15) is 42.8 Å². The first kappa shape index (κ1) is 63.2. The summed E-state index contributed by atoms with van der Waals surface area (Å²) in [7, 11) is -32.9. The van der Waals surface area contributed by atoms with Gasteiger partial charge in [0.05, 0.1) is 62.2 Å². The molecule has 11 rings (SSSR count). The predicted octanol–water partition coefficient (Wildman–Crippen LogP) is 10.2. The number of azo groups is 3. The van der Waals surface area contributed by atoms with Gasteiger partial charge in [-0.1, -0.05) is 24.3 Å². The minimum Gasteiger partial charge on any atom is -0.494 e. The molecule has 0 amide bonds. The van der Waals surface area contributed by atoms with E-state index in [4.69, 9.17) is 9.47 Å². The molecule has 1 aromatic heterocycles. The van der Waals surface area contributed by atoms with Gasteiger partial charge in [-0.05, 0) is 114 Å². The van der Waals surface area contributed by atoms with Crippen molar-refractivity contribution < 1.29 is 100 Å². The Bertz CT molecular complexity index is 6030. The highest BCUT2D eigenvalue weighted by Crippen LogP contribution is 2.47. The number of ether oxygens (including phenoxy) is 2. The van der Waals surface area contributed by atoms with Gasteiger partial charge in [-0.15, -0.1) is 35.8 Å². The van der Waals surface area contributed by atoms with Gasteiger partial charge in [-0.3, -0.25) is 31.9 Å². The second-order valence-corrected chi connectivity index (χ2v) is 29.2. The Morgan fingerprint density at radius 1 is 0.352 bits per heavy atom. The molecule has 0 bridgehead atoms. The number of rotatable bonds is 16. The van der Waals surface area contributed by atoms with Crippen LogP contribution in [0.3, 0.4) is 0 Å². The highest BCUT2D eigenvalue weighted by molar-refractivity contribution is 7.88. The van der Waals surface area contributed by atoms with Crippen LogP contribution in [0, 0.1) is 0 Å². The van der Waals surface area contributed by atoms with Gasteiger partial charge in [0.25, 0.3) is 70.8 Å². The summed E-state index contributed by atoms with van der Waals surface area (Å²) in [5, 5.41) is 33.7. The van der Waals surface area contributed by atoms with Crippen molar-refractivity contribution in [2.45, 2.75) is 34.3 Å². The third kappa shape index (κ3) is 12.3. The van der Waals surface area contributed by atoms with Crippen molar-refractivity contribution in [3.63, 3.8) is 0 Å². The molecule has 39 heteroatoms. The molecule has 1 heterocycles. The minimum absolute atomic E-state index is 0.0397. The number of hydrogen-bond donors (Lipinski definition) is 7. The summed E-state index contributed by atoms with van der Waals surface area (Å²) in [6.07, 6.45) is 0. The average molecular weight is 1380 g/mol. The topological polar surface area (TPSA) is 504 Å². The Hall–Kier alpha value is -9.33. The Morgan fingerprint density at radius 3 is 1.45 bits per heavy atom. The first-order valence-corrected chi connectivity index (χ1v) is 34.8. The fourth-order valence-corrected chi connectivity index (χ4v) is 14.0. The van der Waals surface area contributed by atoms with E-state index >= 15 is 0 Å². The molecule has 0 unspecified atom stereocenters. The largest absolute Gasteiger partial charge is 0.494 e. The van der Waals surface area contributed by atoms with Gasteiger partial charge in [0.15, 0.2) is 5.75 Å². The number of fused-ring (bicyclic) bond motifs is 7. The molecule has 0 radical (unpaired) electrons. The maximum absolute atomic E-state index is 13.2. The van der Waals surface area contributed by atoms with Crippen molar-refractivity contribution in [3.05, 3.63) is 133 Å². The highest BCUT2D eigenvalue weighted by Gasteiger charge is 2.27. The number of methoxy groups -OCH3 is 2. The number of benzene rings is 10. The van der Waals surface area contributed by atoms with Crippen molar-refractivity contribution in [1.29, 1.82) is 0 Å². The van der Waals surface area contributed by atoms with Crippen LogP contribution in [0.5, 0.6) is 11.5 Å². The second-order valence-electron chi connectivity index (χ2n) is 19.3. The van der Waals surface area contributed by atoms with Crippen molar-refractivity contribution in [3.8, 4) is 17.2 Å². The third-order valence-electron chi connectivity index (χ3n) is 13.7. The first-order chi connectivity index (χ1) is 42.4. The second kappa shape index (κ2) is 22.3. The zero-order valence-corrected chi connectivity index (χ0v) is 51.0. The molecule has 32 nitrogen and oxygen atoms in total. The minimum atomic E-state index is -5.26. The van der Waals surface area contributed by atoms with E-state index < -0.39 is 111 Å². The molecule has 0 saturated carbocycles. The first-order valence-electron chi connectivity index (χ1n) is 24.8. The zero-order valence-electron chi connectivity index (χ0n) is 45.2. The Labute approximate surface area is 511 Å². The average Bonchev–Trinajstić information content (AvgIpc) is 1.75. The van der Waals surface area contributed by atoms with E-state index in [9.17, 15) is 90.8 Å². The summed E-state index contributed by atoms with van der Waals surface area (Å²) in [5.41, 5.74) is -1.20. The summed E-state index contributed by atoms with van der Waals surface area (Å²) < 4.78 is 255. The van der Waals surface area contributed by atoms with Gasteiger partial charge < -0.3 is 9.47 Å². The van der Waals surface area contributed by atoms with E-state index in [1.807, 2.05) is 0 Å². The van der Waals surface area contributed by atoms with Gasteiger partial charge in [-0.2, -0.15) is 68.8 Å². The molecule has 0 spiro atoms. The molecule has 0 aliphatic rings. The summed E-state index contributed by atoms with van der Waals surface area (Å²) in [6.45, 7) is 0. The van der Waals surface area contributed by atoms with E-state index in [0.29, 0.717) is 12.1 Å². The maximum Gasteiger partial charge on any atom is 0.296 e. The predicted molar refractivity (Wildman–Crippen MR) is 320 cm³/mol. The Balaban J connectivity index is 0.997. The lowest BCUT2D eigenvalue weighted by atomic mass is 10.1. The Morgan fingerprint density at radius 2 is 0.868 bits per heavy atom. The maximum atomic E-state index is 13.2. The number of nitrogens with zero attached hydrogens (tertiary/aromatic N) is 9. The lowest BCUT2D eigenvalue weighted by molar-refractivity contribution is 0.416. The van der Waals surface area contributed by atoms with Crippen molar-refractivity contribution in [1.82, 2.24) is 15.0 Å². The van der Waals surface area contributed by atoms with E-state index in [1.54, 1.807) is 0 Å². The molecule has 0 saturated heterocycles. The van der Waals surface area contributed by atoms with Crippen LogP contribution in [0.2, 0.25) is 0 Å². The standard InChI is InChI=1S/C52H35N9O23S7/c1-83-45-24-44(56-53-27-4-3-25-16-31(87(68,69)70)22-47(37(25)18-27)90(77,78)79)39-20-30(86(65,66)67)7-10-36(39)50(45)57-54-41-13-14-42(38-19-29(85(62,63)64)6-9-34(38)41)55-58-51-48(91(80,81)82)17-26-15-28(5-8-33(26)52(51)84-2)61-59-43-12-11-35-40(49(43)60-61)21-32(88(71,72)73)23-46(35)89(74,75)76/h3-24H,1-2H3,(H,62,63,64)(H,65,66,67)(H,68,69,70)(H,71,72,73)(H,74,75,76)(H,77,78,79)(H,80,81,82). The van der Waals surface area contributed by atoms with Crippen molar-refractivity contribution in [2.75, 3.05) is 14.2 Å². The monoisotopic (exact) mass is 1380 g/mol. The summed E-state index contributed by atoms with van der Waals surface area (Å²) >= 11 is 0. The Kier molecular flexibility index (Phi) is 15.5. The van der Waals surface area contributed by atoms with Crippen LogP contribution < -0.4 is 9.47 Å². The molecular formula is C52H35N9O23S7. The quantitative estimate of drug-likeness (QED) is 0.0349. The molecule has 10 aromatic carbocycles. The molecule has 0 atom stereocenters. The summed E-state index contributed by atoms with van der Waals surface area (Å²) in [4.78, 5) is -4.69.